The molecule has 1 unspecified atom stereocenters. The van der Waals surface area contributed by atoms with Gasteiger partial charge in [0.1, 0.15) is 0 Å². The number of nitrogens with zero attached hydrogens (tertiary/aromatic N) is 3. The Morgan fingerprint density at radius 3 is 2.67 bits per heavy atom. The molecule has 3 rings (SSSR count). The Hall–Kier alpha value is -0.970. The smallest absolute Gasteiger partial charge is 0.0508 e. The van der Waals surface area contributed by atoms with Crippen LogP contribution in [0.3, 0.4) is 0 Å². The third-order valence-electron chi connectivity index (χ3n) is 5.36. The van der Waals surface area contributed by atoms with Crippen LogP contribution in [0.25, 0.3) is 0 Å². The summed E-state index contributed by atoms with van der Waals surface area (Å²) in [4.78, 5) is 9.17. The molecule has 4 heteroatoms. The lowest BCUT2D eigenvalue weighted by atomic mass is 9.71. The number of pyridine rings is 1. The zero-order chi connectivity index (χ0) is 14.7. The molecule has 2 fully saturated rings. The van der Waals surface area contributed by atoms with Gasteiger partial charge in [-0.05, 0) is 56.1 Å². The van der Waals surface area contributed by atoms with Gasteiger partial charge in [-0.15, -0.1) is 0 Å². The molecule has 0 amide bonds. The molecule has 4 nitrogen and oxygen atoms in total. The number of rotatable bonds is 4. The molecule has 0 aliphatic carbocycles. The highest BCUT2D eigenvalue weighted by molar-refractivity contribution is 5.10. The van der Waals surface area contributed by atoms with Crippen LogP contribution in [-0.4, -0.2) is 61.7 Å². The van der Waals surface area contributed by atoms with Gasteiger partial charge in [0.15, 0.2) is 0 Å². The van der Waals surface area contributed by atoms with E-state index in [9.17, 15) is 0 Å². The van der Waals surface area contributed by atoms with Gasteiger partial charge in [-0.1, -0.05) is 0 Å². The minimum atomic E-state index is 0.486. The van der Waals surface area contributed by atoms with Gasteiger partial charge in [0.2, 0.25) is 0 Å². The van der Waals surface area contributed by atoms with Gasteiger partial charge in [0.25, 0.3) is 0 Å². The zero-order valence-corrected chi connectivity index (χ0v) is 13.3. The molecule has 1 spiro atoms. The number of ether oxygens (including phenoxy) is 1. The molecule has 0 saturated carbocycles. The van der Waals surface area contributed by atoms with Crippen LogP contribution in [0, 0.1) is 11.3 Å². The van der Waals surface area contributed by atoms with Crippen molar-refractivity contribution in [3.63, 3.8) is 0 Å². The molecule has 3 heterocycles. The van der Waals surface area contributed by atoms with E-state index in [1.54, 1.807) is 0 Å². The molecule has 0 radical (unpaired) electrons. The highest BCUT2D eigenvalue weighted by atomic mass is 16.5. The van der Waals surface area contributed by atoms with E-state index in [-0.39, 0.29) is 0 Å². The second kappa shape index (κ2) is 6.42. The average molecular weight is 289 g/mol. The molecule has 1 aromatic heterocycles. The second-order valence-electron chi connectivity index (χ2n) is 6.84. The summed E-state index contributed by atoms with van der Waals surface area (Å²) in [6.07, 6.45) is 6.38. The van der Waals surface area contributed by atoms with Crippen molar-refractivity contribution < 1.29 is 4.74 Å². The first kappa shape index (κ1) is 14.9. The van der Waals surface area contributed by atoms with E-state index in [0.29, 0.717) is 11.3 Å². The quantitative estimate of drug-likeness (QED) is 0.846. The van der Waals surface area contributed by atoms with Crippen molar-refractivity contribution in [3.8, 4) is 0 Å². The van der Waals surface area contributed by atoms with Crippen molar-refractivity contribution in [2.45, 2.75) is 19.4 Å². The van der Waals surface area contributed by atoms with Crippen molar-refractivity contribution in [1.82, 2.24) is 14.8 Å². The molecule has 116 valence electrons. The third kappa shape index (κ3) is 3.28. The predicted molar refractivity (Wildman–Crippen MR) is 84.0 cm³/mol. The third-order valence-corrected chi connectivity index (χ3v) is 5.36. The fourth-order valence-electron chi connectivity index (χ4n) is 4.20. The van der Waals surface area contributed by atoms with E-state index < -0.39 is 0 Å². The van der Waals surface area contributed by atoms with Crippen LogP contribution in [-0.2, 0) is 11.3 Å². The Morgan fingerprint density at radius 2 is 2.00 bits per heavy atom. The Labute approximate surface area is 128 Å². The fraction of sp³-hybridized carbons (Fsp3) is 0.706. The summed E-state index contributed by atoms with van der Waals surface area (Å²) in [5.41, 5.74) is 1.86. The summed E-state index contributed by atoms with van der Waals surface area (Å²) in [6.45, 7) is 6.81. The Bertz CT molecular complexity index is 443. The Morgan fingerprint density at radius 1 is 1.29 bits per heavy atom. The van der Waals surface area contributed by atoms with Crippen LogP contribution in [0.1, 0.15) is 18.4 Å². The fourth-order valence-corrected chi connectivity index (χ4v) is 4.20. The molecule has 1 aromatic rings. The maximum atomic E-state index is 5.48. The molecule has 2 aliphatic rings. The van der Waals surface area contributed by atoms with E-state index in [0.717, 1.165) is 13.2 Å². The van der Waals surface area contributed by atoms with Gasteiger partial charge in [-0.25, -0.2) is 0 Å². The summed E-state index contributed by atoms with van der Waals surface area (Å²) in [7, 11) is 4.09. The highest BCUT2D eigenvalue weighted by Crippen LogP contribution is 2.44. The van der Waals surface area contributed by atoms with Crippen molar-refractivity contribution in [1.29, 1.82) is 0 Å². The minimum Gasteiger partial charge on any atom is -0.384 e. The molecule has 0 N–H and O–H groups in total. The summed E-state index contributed by atoms with van der Waals surface area (Å²) in [5.74, 6) is 0.704. The highest BCUT2D eigenvalue weighted by Gasteiger charge is 2.46. The molecule has 0 aromatic carbocycles. The normalized spacial score (nSPS) is 26.5. The Balaban J connectivity index is 1.59. The number of piperidine rings is 1. The van der Waals surface area contributed by atoms with Crippen molar-refractivity contribution in [2.75, 3.05) is 46.9 Å². The number of hydrogen-bond donors (Lipinski definition) is 0. The van der Waals surface area contributed by atoms with Gasteiger partial charge in [-0.2, -0.15) is 0 Å². The first-order valence-electron chi connectivity index (χ1n) is 8.01. The van der Waals surface area contributed by atoms with E-state index in [1.807, 2.05) is 19.5 Å². The zero-order valence-electron chi connectivity index (χ0n) is 13.3. The maximum absolute atomic E-state index is 5.48. The summed E-state index contributed by atoms with van der Waals surface area (Å²) < 4.78 is 5.48. The largest absolute Gasteiger partial charge is 0.384 e. The topological polar surface area (TPSA) is 28.6 Å². The van der Waals surface area contributed by atoms with Gasteiger partial charge in [-0.3, -0.25) is 9.88 Å². The average Bonchev–Trinajstić information content (AvgIpc) is 2.79. The van der Waals surface area contributed by atoms with Gasteiger partial charge in [0.05, 0.1) is 6.61 Å². The maximum Gasteiger partial charge on any atom is 0.0508 e. The van der Waals surface area contributed by atoms with Crippen LogP contribution in [0.2, 0.25) is 0 Å². The Kier molecular flexibility index (Phi) is 4.57. The van der Waals surface area contributed by atoms with Gasteiger partial charge in [0, 0.05) is 45.1 Å². The summed E-state index contributed by atoms with van der Waals surface area (Å²) >= 11 is 0. The molecule has 2 aliphatic heterocycles. The van der Waals surface area contributed by atoms with E-state index in [2.05, 4.69) is 34.0 Å². The molecule has 0 bridgehead atoms. The van der Waals surface area contributed by atoms with Gasteiger partial charge >= 0.3 is 0 Å². The number of methoxy groups -OCH3 is 1. The lowest BCUT2D eigenvalue weighted by Gasteiger charge is -2.42. The molecule has 2 saturated heterocycles. The van der Waals surface area contributed by atoms with E-state index >= 15 is 0 Å². The van der Waals surface area contributed by atoms with Crippen molar-refractivity contribution >= 4 is 0 Å². The predicted octanol–water partition coefficient (Wildman–Crippen LogP) is 1.87. The molecule has 1 atom stereocenters. The lowest BCUT2D eigenvalue weighted by Crippen LogP contribution is -2.44. The molecule has 21 heavy (non-hydrogen) atoms. The van der Waals surface area contributed by atoms with Crippen LogP contribution >= 0.6 is 0 Å². The number of hydrogen-bond acceptors (Lipinski definition) is 4. The number of likely N-dealkylation sites (tertiary alicyclic amines) is 2. The standard InChI is InChI=1S/C17H27N3O/c1-19-12-16(13-21-2)17(14-19)5-9-20(10-6-17)11-15-3-7-18-8-4-15/h3-4,7-8,16H,5-6,9-14H2,1-2H3. The lowest BCUT2D eigenvalue weighted by molar-refractivity contribution is 0.0354. The summed E-state index contributed by atoms with van der Waals surface area (Å²) in [5, 5.41) is 0. The van der Waals surface area contributed by atoms with Crippen molar-refractivity contribution in [2.24, 2.45) is 11.3 Å². The first-order valence-corrected chi connectivity index (χ1v) is 8.01. The van der Waals surface area contributed by atoms with Crippen LogP contribution < -0.4 is 0 Å². The molecular weight excluding hydrogens is 262 g/mol. The van der Waals surface area contributed by atoms with E-state index in [4.69, 9.17) is 4.74 Å². The van der Waals surface area contributed by atoms with E-state index in [1.165, 1.54) is 44.6 Å². The second-order valence-corrected chi connectivity index (χ2v) is 6.84. The van der Waals surface area contributed by atoms with Crippen LogP contribution in [0.15, 0.2) is 24.5 Å². The van der Waals surface area contributed by atoms with Crippen molar-refractivity contribution in [3.05, 3.63) is 30.1 Å². The summed E-state index contributed by atoms with van der Waals surface area (Å²) in [6, 6.07) is 4.25. The van der Waals surface area contributed by atoms with Gasteiger partial charge < -0.3 is 9.64 Å². The molecular formula is C17H27N3O. The monoisotopic (exact) mass is 289 g/mol. The first-order chi connectivity index (χ1) is 10.2. The SMILES string of the molecule is COCC1CN(C)CC12CCN(Cc1ccncc1)CC2. The van der Waals surface area contributed by atoms with Crippen LogP contribution in [0.5, 0.6) is 0 Å². The number of aromatic nitrogens is 1. The minimum absolute atomic E-state index is 0.486. The van der Waals surface area contributed by atoms with Crippen LogP contribution in [0.4, 0.5) is 0 Å².